The summed E-state index contributed by atoms with van der Waals surface area (Å²) >= 11 is 1.32. The van der Waals surface area contributed by atoms with Crippen LogP contribution in [0.5, 0.6) is 0 Å². The number of sulfone groups is 1. The van der Waals surface area contributed by atoms with Crippen molar-refractivity contribution in [3.63, 3.8) is 0 Å². The van der Waals surface area contributed by atoms with Gasteiger partial charge in [0.05, 0.1) is 23.3 Å². The van der Waals surface area contributed by atoms with Gasteiger partial charge in [0.2, 0.25) is 5.91 Å². The summed E-state index contributed by atoms with van der Waals surface area (Å²) in [5.41, 5.74) is 1.86. The predicted molar refractivity (Wildman–Crippen MR) is 122 cm³/mol. The van der Waals surface area contributed by atoms with Gasteiger partial charge in [-0.15, -0.1) is 10.2 Å². The number of benzene rings is 2. The van der Waals surface area contributed by atoms with Crippen LogP contribution in [0.3, 0.4) is 0 Å². The number of hydrogen-bond acceptors (Lipinski definition) is 6. The van der Waals surface area contributed by atoms with E-state index in [0.29, 0.717) is 18.0 Å². The average Bonchev–Trinajstić information content (AvgIpc) is 3.30. The molecule has 0 N–H and O–H groups in total. The van der Waals surface area contributed by atoms with E-state index in [2.05, 4.69) is 10.2 Å². The molecule has 31 heavy (non-hydrogen) atoms. The minimum atomic E-state index is -3.11. The summed E-state index contributed by atoms with van der Waals surface area (Å²) in [6, 6.07) is 19.0. The Labute approximate surface area is 186 Å². The Bertz CT molecular complexity index is 1150. The molecule has 7 nitrogen and oxygen atoms in total. The molecule has 1 aromatic heterocycles. The minimum absolute atomic E-state index is 0.00346. The summed E-state index contributed by atoms with van der Waals surface area (Å²) in [6.45, 7) is 0. The zero-order valence-corrected chi connectivity index (χ0v) is 18.8. The van der Waals surface area contributed by atoms with Crippen LogP contribution in [-0.2, 0) is 28.1 Å². The molecule has 1 aliphatic rings. The molecular weight excluding hydrogens is 432 g/mol. The quantitative estimate of drug-likeness (QED) is 0.508. The topological polar surface area (TPSA) is 85.2 Å². The number of anilines is 1. The maximum absolute atomic E-state index is 13.2. The monoisotopic (exact) mass is 456 g/mol. The number of amides is 1. The van der Waals surface area contributed by atoms with Crippen molar-refractivity contribution in [3.8, 4) is 0 Å². The number of para-hydroxylation sites is 1. The third-order valence-electron chi connectivity index (χ3n) is 5.33. The number of hydrogen-bond donors (Lipinski definition) is 0. The van der Waals surface area contributed by atoms with Crippen LogP contribution < -0.4 is 4.90 Å². The lowest BCUT2D eigenvalue weighted by atomic mass is 10.1. The van der Waals surface area contributed by atoms with Gasteiger partial charge in [-0.25, -0.2) is 8.42 Å². The van der Waals surface area contributed by atoms with Gasteiger partial charge < -0.3 is 9.47 Å². The first kappa shape index (κ1) is 21.6. The molecule has 0 radical (unpaired) electrons. The number of carbonyl (C=O) groups is 1. The van der Waals surface area contributed by atoms with Gasteiger partial charge in [-0.3, -0.25) is 4.79 Å². The largest absolute Gasteiger partial charge is 0.309 e. The Kier molecular flexibility index (Phi) is 6.43. The van der Waals surface area contributed by atoms with Crippen LogP contribution in [0.4, 0.5) is 5.69 Å². The van der Waals surface area contributed by atoms with Gasteiger partial charge >= 0.3 is 0 Å². The van der Waals surface area contributed by atoms with Crippen LogP contribution >= 0.6 is 11.8 Å². The fraction of sp³-hybridized carbons (Fsp3) is 0.318. The van der Waals surface area contributed by atoms with E-state index in [9.17, 15) is 13.2 Å². The molecule has 2 heterocycles. The van der Waals surface area contributed by atoms with Gasteiger partial charge in [0.25, 0.3) is 0 Å². The van der Waals surface area contributed by atoms with Crippen molar-refractivity contribution in [2.45, 2.75) is 24.0 Å². The minimum Gasteiger partial charge on any atom is -0.309 e. The first-order valence-electron chi connectivity index (χ1n) is 10.1. The van der Waals surface area contributed by atoms with Gasteiger partial charge in [-0.1, -0.05) is 60.3 Å². The van der Waals surface area contributed by atoms with Crippen molar-refractivity contribution in [1.82, 2.24) is 14.8 Å². The summed E-state index contributed by atoms with van der Waals surface area (Å²) in [4.78, 5) is 14.8. The Balaban J connectivity index is 1.47. The maximum Gasteiger partial charge on any atom is 0.237 e. The van der Waals surface area contributed by atoms with E-state index in [-0.39, 0.29) is 29.2 Å². The molecule has 1 amide bonds. The first-order valence-corrected chi connectivity index (χ1v) is 12.9. The maximum atomic E-state index is 13.2. The highest BCUT2D eigenvalue weighted by atomic mass is 32.2. The van der Waals surface area contributed by atoms with Crippen molar-refractivity contribution in [2.24, 2.45) is 7.05 Å². The van der Waals surface area contributed by atoms with E-state index in [4.69, 9.17) is 0 Å². The fourth-order valence-corrected chi connectivity index (χ4v) is 6.21. The lowest BCUT2D eigenvalue weighted by Crippen LogP contribution is -2.42. The van der Waals surface area contributed by atoms with Gasteiger partial charge in [-0.05, 0) is 24.1 Å². The van der Waals surface area contributed by atoms with Crippen molar-refractivity contribution in [1.29, 1.82) is 0 Å². The fourth-order valence-electron chi connectivity index (χ4n) is 3.73. The molecular formula is C22H24N4O3S2. The molecule has 2 aromatic carbocycles. The molecule has 4 rings (SSSR count). The molecule has 1 fully saturated rings. The van der Waals surface area contributed by atoms with Crippen LogP contribution in [0.2, 0.25) is 0 Å². The summed E-state index contributed by atoms with van der Waals surface area (Å²) in [5, 5.41) is 9.18. The van der Waals surface area contributed by atoms with Crippen LogP contribution in [0.1, 0.15) is 17.8 Å². The molecule has 0 aliphatic carbocycles. The summed E-state index contributed by atoms with van der Waals surface area (Å²) in [5.74, 6) is 0.966. The Morgan fingerprint density at radius 3 is 2.42 bits per heavy atom. The zero-order valence-electron chi connectivity index (χ0n) is 17.2. The van der Waals surface area contributed by atoms with Crippen LogP contribution in [0, 0.1) is 0 Å². The lowest BCUT2D eigenvalue weighted by Gasteiger charge is -2.28. The Morgan fingerprint density at radius 1 is 1.10 bits per heavy atom. The average molecular weight is 457 g/mol. The van der Waals surface area contributed by atoms with Crippen LogP contribution in [0.15, 0.2) is 65.8 Å². The molecule has 9 heteroatoms. The van der Waals surface area contributed by atoms with Crippen LogP contribution in [0.25, 0.3) is 0 Å². The zero-order chi connectivity index (χ0) is 21.8. The van der Waals surface area contributed by atoms with E-state index >= 15 is 0 Å². The molecule has 0 spiro atoms. The van der Waals surface area contributed by atoms with Crippen molar-refractivity contribution in [2.75, 3.05) is 22.2 Å². The standard InChI is InChI=1S/C22H24N4O3S2/c1-25-20(14-17-8-4-2-5-9-17)23-24-22(25)30-15-21(27)26(18-10-6-3-7-11-18)19-12-13-31(28,29)16-19/h2-11,19H,12-16H2,1H3. The smallest absolute Gasteiger partial charge is 0.237 e. The lowest BCUT2D eigenvalue weighted by molar-refractivity contribution is -0.116. The number of aromatic nitrogens is 3. The van der Waals surface area contributed by atoms with E-state index in [0.717, 1.165) is 17.1 Å². The second-order valence-corrected chi connectivity index (χ2v) is 10.7. The highest BCUT2D eigenvalue weighted by molar-refractivity contribution is 7.99. The molecule has 1 atom stereocenters. The number of rotatable bonds is 7. The molecule has 0 saturated carbocycles. The molecule has 162 valence electrons. The van der Waals surface area contributed by atoms with Crippen molar-refractivity contribution < 1.29 is 13.2 Å². The second kappa shape index (κ2) is 9.23. The number of carbonyl (C=O) groups excluding carboxylic acids is 1. The highest BCUT2D eigenvalue weighted by Crippen LogP contribution is 2.26. The van der Waals surface area contributed by atoms with Gasteiger partial charge in [0.1, 0.15) is 5.82 Å². The molecule has 0 bridgehead atoms. The summed E-state index contributed by atoms with van der Waals surface area (Å²) in [7, 11) is -1.22. The molecule has 3 aromatic rings. The number of thioether (sulfide) groups is 1. The SMILES string of the molecule is Cn1c(Cc2ccccc2)nnc1SCC(=O)N(c1ccccc1)C1CCS(=O)(=O)C1. The second-order valence-electron chi connectivity index (χ2n) is 7.57. The summed E-state index contributed by atoms with van der Waals surface area (Å²) in [6.07, 6.45) is 1.12. The van der Waals surface area contributed by atoms with Crippen LogP contribution in [-0.4, -0.2) is 52.4 Å². The van der Waals surface area contributed by atoms with E-state index < -0.39 is 9.84 Å². The Hall–Kier alpha value is -2.65. The third-order valence-corrected chi connectivity index (χ3v) is 8.09. The molecule has 1 saturated heterocycles. The van der Waals surface area contributed by atoms with Gasteiger partial charge in [-0.2, -0.15) is 0 Å². The van der Waals surface area contributed by atoms with Crippen molar-refractivity contribution >= 4 is 33.2 Å². The summed E-state index contributed by atoms with van der Waals surface area (Å²) < 4.78 is 25.9. The first-order chi connectivity index (χ1) is 14.9. The number of nitrogens with zero attached hydrogens (tertiary/aromatic N) is 4. The molecule has 1 unspecified atom stereocenters. The molecule has 1 aliphatic heterocycles. The normalized spacial score (nSPS) is 17.5. The van der Waals surface area contributed by atoms with Gasteiger partial charge in [0.15, 0.2) is 15.0 Å². The Morgan fingerprint density at radius 2 is 1.77 bits per heavy atom. The van der Waals surface area contributed by atoms with Gasteiger partial charge in [0, 0.05) is 19.2 Å². The van der Waals surface area contributed by atoms with E-state index in [1.807, 2.05) is 72.3 Å². The third kappa shape index (κ3) is 5.16. The van der Waals surface area contributed by atoms with Crippen molar-refractivity contribution in [3.05, 3.63) is 72.1 Å². The van der Waals surface area contributed by atoms with E-state index in [1.54, 1.807) is 4.90 Å². The highest BCUT2D eigenvalue weighted by Gasteiger charge is 2.35. The predicted octanol–water partition coefficient (Wildman–Crippen LogP) is 2.72. The van der Waals surface area contributed by atoms with E-state index in [1.165, 1.54) is 11.8 Å².